The highest BCUT2D eigenvalue weighted by Crippen LogP contribution is 2.15. The Kier molecular flexibility index (Phi) is 6.34. The molecule has 0 aromatic carbocycles. The molecule has 2 heteroatoms. The lowest BCUT2D eigenvalue weighted by Crippen LogP contribution is -2.42. The standard InChI is InChI=1S/C11H25NSi/c1-7-9-13(10(3)4)11(8-2)12(5)6/h11,13H,3,7-9H2,1-2,4-6H3. The average Bonchev–Trinajstić information content (AvgIpc) is 2.03. The summed E-state index contributed by atoms with van der Waals surface area (Å²) in [6, 6.07) is 1.41. The molecule has 2 unspecified atom stereocenters. The smallest absolute Gasteiger partial charge is 0.0833 e. The molecular weight excluding hydrogens is 174 g/mol. The zero-order chi connectivity index (χ0) is 10.4. The Bertz CT molecular complexity index is 154. The quantitative estimate of drug-likeness (QED) is 0.594. The molecule has 0 aromatic heterocycles. The molecule has 0 saturated carbocycles. The third-order valence-corrected chi connectivity index (χ3v) is 7.24. The van der Waals surface area contributed by atoms with E-state index in [1.807, 2.05) is 0 Å². The van der Waals surface area contributed by atoms with Crippen molar-refractivity contribution in [3.8, 4) is 0 Å². The molecule has 0 fully saturated rings. The van der Waals surface area contributed by atoms with Crippen molar-refractivity contribution in [1.29, 1.82) is 0 Å². The minimum atomic E-state index is -0.748. The lowest BCUT2D eigenvalue weighted by molar-refractivity contribution is 0.360. The zero-order valence-electron chi connectivity index (χ0n) is 9.93. The first-order valence-corrected chi connectivity index (χ1v) is 7.42. The molecule has 0 rings (SSSR count). The van der Waals surface area contributed by atoms with Crippen LogP contribution in [0.4, 0.5) is 0 Å². The summed E-state index contributed by atoms with van der Waals surface area (Å²) in [6.45, 7) is 11.0. The molecule has 0 saturated heterocycles. The molecule has 2 atom stereocenters. The van der Waals surface area contributed by atoms with Gasteiger partial charge in [-0.15, -0.1) is 6.58 Å². The highest BCUT2D eigenvalue weighted by atomic mass is 28.3. The minimum Gasteiger partial charge on any atom is -0.309 e. The van der Waals surface area contributed by atoms with Gasteiger partial charge in [0.2, 0.25) is 0 Å². The first-order valence-electron chi connectivity index (χ1n) is 5.36. The fourth-order valence-corrected chi connectivity index (χ4v) is 5.53. The highest BCUT2D eigenvalue weighted by Gasteiger charge is 2.22. The molecule has 0 amide bonds. The van der Waals surface area contributed by atoms with E-state index in [4.69, 9.17) is 0 Å². The topological polar surface area (TPSA) is 3.24 Å². The van der Waals surface area contributed by atoms with Gasteiger partial charge in [0.15, 0.2) is 0 Å². The van der Waals surface area contributed by atoms with Crippen LogP contribution in [0.2, 0.25) is 6.04 Å². The number of rotatable bonds is 6. The van der Waals surface area contributed by atoms with Gasteiger partial charge in [0.05, 0.1) is 8.80 Å². The van der Waals surface area contributed by atoms with Gasteiger partial charge in [0.25, 0.3) is 0 Å². The zero-order valence-corrected chi connectivity index (χ0v) is 11.1. The largest absolute Gasteiger partial charge is 0.309 e. The third-order valence-electron chi connectivity index (χ3n) is 2.78. The Morgan fingerprint density at radius 3 is 2.15 bits per heavy atom. The van der Waals surface area contributed by atoms with Crippen LogP contribution < -0.4 is 0 Å². The third kappa shape index (κ3) is 4.10. The van der Waals surface area contributed by atoms with Crippen molar-refractivity contribution in [2.75, 3.05) is 14.1 Å². The summed E-state index contributed by atoms with van der Waals surface area (Å²) in [4.78, 5) is 2.39. The molecule has 0 bridgehead atoms. The van der Waals surface area contributed by atoms with Crippen molar-refractivity contribution in [1.82, 2.24) is 4.90 Å². The number of allylic oxidation sites excluding steroid dienone is 1. The molecule has 0 heterocycles. The molecule has 0 aliphatic carbocycles. The summed E-state index contributed by atoms with van der Waals surface area (Å²) in [5.41, 5.74) is 0.803. The van der Waals surface area contributed by atoms with Gasteiger partial charge in [0.1, 0.15) is 0 Å². The Balaban J connectivity index is 4.38. The fourth-order valence-electron chi connectivity index (χ4n) is 2.09. The molecule has 0 radical (unpaired) electrons. The maximum Gasteiger partial charge on any atom is 0.0833 e. The maximum absolute atomic E-state index is 4.16. The van der Waals surface area contributed by atoms with E-state index >= 15 is 0 Å². The summed E-state index contributed by atoms with van der Waals surface area (Å²) < 4.78 is 0. The monoisotopic (exact) mass is 199 g/mol. The average molecular weight is 199 g/mol. The van der Waals surface area contributed by atoms with Gasteiger partial charge in [-0.1, -0.05) is 31.5 Å². The normalized spacial score (nSPS) is 15.8. The number of hydrogen-bond donors (Lipinski definition) is 0. The second kappa shape index (κ2) is 6.38. The van der Waals surface area contributed by atoms with Crippen LogP contribution in [0.15, 0.2) is 11.8 Å². The SMILES string of the molecule is C=C(C)[SiH](CCC)C(CC)N(C)C. The number of nitrogens with zero attached hydrogens (tertiary/aromatic N) is 1. The van der Waals surface area contributed by atoms with Gasteiger partial charge < -0.3 is 4.90 Å². The van der Waals surface area contributed by atoms with E-state index in [1.54, 1.807) is 0 Å². The van der Waals surface area contributed by atoms with Crippen LogP contribution in [-0.4, -0.2) is 33.5 Å². The Morgan fingerprint density at radius 2 is 1.92 bits per heavy atom. The second-order valence-corrected chi connectivity index (χ2v) is 7.73. The predicted octanol–water partition coefficient (Wildman–Crippen LogP) is 2.62. The van der Waals surface area contributed by atoms with Crippen LogP contribution in [0, 0.1) is 0 Å². The van der Waals surface area contributed by atoms with Crippen LogP contribution in [0.5, 0.6) is 0 Å². The van der Waals surface area contributed by atoms with Crippen LogP contribution in [0.3, 0.4) is 0 Å². The molecule has 0 aromatic rings. The van der Waals surface area contributed by atoms with Crippen molar-refractivity contribution in [3.05, 3.63) is 11.8 Å². The second-order valence-electron chi connectivity index (χ2n) is 4.18. The Morgan fingerprint density at radius 1 is 1.38 bits per heavy atom. The molecule has 1 nitrogen and oxygen atoms in total. The van der Waals surface area contributed by atoms with E-state index < -0.39 is 8.80 Å². The van der Waals surface area contributed by atoms with Gasteiger partial charge in [-0.2, -0.15) is 0 Å². The summed E-state index contributed by atoms with van der Waals surface area (Å²) in [5, 5.41) is 1.47. The molecule has 0 spiro atoms. The molecule has 0 N–H and O–H groups in total. The lowest BCUT2D eigenvalue weighted by atomic mass is 10.4. The van der Waals surface area contributed by atoms with Crippen LogP contribution in [0.1, 0.15) is 33.6 Å². The molecule has 13 heavy (non-hydrogen) atoms. The summed E-state index contributed by atoms with van der Waals surface area (Å²) in [6.07, 6.45) is 2.59. The molecular formula is C11H25NSi. The Labute approximate surface area is 85.4 Å². The van der Waals surface area contributed by atoms with Crippen LogP contribution in [-0.2, 0) is 0 Å². The van der Waals surface area contributed by atoms with Crippen molar-refractivity contribution >= 4 is 8.80 Å². The van der Waals surface area contributed by atoms with E-state index in [-0.39, 0.29) is 0 Å². The molecule has 0 aliphatic rings. The van der Waals surface area contributed by atoms with Crippen molar-refractivity contribution < 1.29 is 0 Å². The van der Waals surface area contributed by atoms with E-state index in [0.29, 0.717) is 0 Å². The van der Waals surface area contributed by atoms with Gasteiger partial charge in [-0.3, -0.25) is 0 Å². The van der Waals surface area contributed by atoms with Gasteiger partial charge in [0, 0.05) is 5.67 Å². The predicted molar refractivity (Wildman–Crippen MR) is 64.8 cm³/mol. The van der Waals surface area contributed by atoms with E-state index in [9.17, 15) is 0 Å². The highest BCUT2D eigenvalue weighted by molar-refractivity contribution is 6.68. The fraction of sp³-hybridized carbons (Fsp3) is 0.818. The van der Waals surface area contributed by atoms with E-state index in [1.165, 1.54) is 24.1 Å². The van der Waals surface area contributed by atoms with Crippen LogP contribution in [0.25, 0.3) is 0 Å². The van der Waals surface area contributed by atoms with E-state index in [0.717, 1.165) is 5.67 Å². The van der Waals surface area contributed by atoms with Crippen molar-refractivity contribution in [3.63, 3.8) is 0 Å². The van der Waals surface area contributed by atoms with Gasteiger partial charge >= 0.3 is 0 Å². The first-order chi connectivity index (χ1) is 6.04. The maximum atomic E-state index is 4.16. The summed E-state index contributed by atoms with van der Waals surface area (Å²) in [5.74, 6) is 0. The lowest BCUT2D eigenvalue weighted by Gasteiger charge is -2.30. The number of hydrogen-bond acceptors (Lipinski definition) is 1. The molecule has 0 aliphatic heterocycles. The first kappa shape index (κ1) is 12.9. The Hall–Kier alpha value is -0.0831. The van der Waals surface area contributed by atoms with Crippen molar-refractivity contribution in [2.24, 2.45) is 0 Å². The van der Waals surface area contributed by atoms with Gasteiger partial charge in [-0.05, 0) is 27.4 Å². The molecule has 78 valence electrons. The van der Waals surface area contributed by atoms with Crippen molar-refractivity contribution in [2.45, 2.75) is 45.3 Å². The summed E-state index contributed by atoms with van der Waals surface area (Å²) in [7, 11) is 3.65. The summed E-state index contributed by atoms with van der Waals surface area (Å²) >= 11 is 0. The van der Waals surface area contributed by atoms with E-state index in [2.05, 4.69) is 46.3 Å². The van der Waals surface area contributed by atoms with Gasteiger partial charge in [-0.25, -0.2) is 0 Å². The minimum absolute atomic E-state index is 0.748. The van der Waals surface area contributed by atoms with Crippen LogP contribution >= 0.6 is 0 Å².